The van der Waals surface area contributed by atoms with E-state index in [4.69, 9.17) is 0 Å². The van der Waals surface area contributed by atoms with Gasteiger partial charge in [-0.25, -0.2) is 0 Å². The highest BCUT2D eigenvalue weighted by molar-refractivity contribution is 5.93. The number of nitrogens with one attached hydrogen (secondary N) is 2. The summed E-state index contributed by atoms with van der Waals surface area (Å²) in [5.74, 6) is -0.530. The normalized spacial score (nSPS) is 16.4. The standard InChI is InChI=1S/C18H25F3N4O2/c1-13(2)22-16(26)11-24-7-9-25(10-8-24)12-17(27)23-15-6-4-3-5-14(15)18(19,20)21/h3-6,13H,7-12H2,1-2H3,(H,22,26)(H,23,27). The summed E-state index contributed by atoms with van der Waals surface area (Å²) in [7, 11) is 0. The molecule has 0 spiro atoms. The Morgan fingerprint density at radius 2 is 1.52 bits per heavy atom. The molecule has 0 unspecified atom stereocenters. The summed E-state index contributed by atoms with van der Waals surface area (Å²) in [6.07, 6.45) is -4.52. The fraction of sp³-hybridized carbons (Fsp3) is 0.556. The molecule has 27 heavy (non-hydrogen) atoms. The zero-order chi connectivity index (χ0) is 20.0. The van der Waals surface area contributed by atoms with Gasteiger partial charge in [-0.05, 0) is 26.0 Å². The Bertz CT molecular complexity index is 656. The summed E-state index contributed by atoms with van der Waals surface area (Å²) in [6, 6.07) is 5.00. The zero-order valence-electron chi connectivity index (χ0n) is 15.5. The number of carbonyl (C=O) groups excluding carboxylic acids is 2. The largest absolute Gasteiger partial charge is 0.418 e. The lowest BCUT2D eigenvalue weighted by molar-refractivity contribution is -0.137. The van der Waals surface area contributed by atoms with Crippen molar-refractivity contribution in [1.29, 1.82) is 0 Å². The molecule has 1 aromatic carbocycles. The van der Waals surface area contributed by atoms with Gasteiger partial charge in [0.2, 0.25) is 11.8 Å². The van der Waals surface area contributed by atoms with Crippen LogP contribution in [-0.4, -0.2) is 66.9 Å². The first-order valence-electron chi connectivity index (χ1n) is 8.85. The smallest absolute Gasteiger partial charge is 0.353 e. The number of benzene rings is 1. The van der Waals surface area contributed by atoms with Crippen molar-refractivity contribution in [1.82, 2.24) is 15.1 Å². The lowest BCUT2D eigenvalue weighted by atomic mass is 10.1. The summed E-state index contributed by atoms with van der Waals surface area (Å²) >= 11 is 0. The van der Waals surface area contributed by atoms with Gasteiger partial charge in [-0.3, -0.25) is 19.4 Å². The van der Waals surface area contributed by atoms with E-state index in [1.165, 1.54) is 18.2 Å². The molecule has 9 heteroatoms. The Kier molecular flexibility index (Phi) is 7.20. The van der Waals surface area contributed by atoms with Gasteiger partial charge in [-0.15, -0.1) is 0 Å². The summed E-state index contributed by atoms with van der Waals surface area (Å²) < 4.78 is 39.0. The number of para-hydroxylation sites is 1. The van der Waals surface area contributed by atoms with E-state index in [0.29, 0.717) is 32.7 Å². The SMILES string of the molecule is CC(C)NC(=O)CN1CCN(CC(=O)Nc2ccccc2C(F)(F)F)CC1. The molecule has 1 aromatic rings. The van der Waals surface area contributed by atoms with E-state index < -0.39 is 17.6 Å². The highest BCUT2D eigenvalue weighted by atomic mass is 19.4. The van der Waals surface area contributed by atoms with Crippen LogP contribution in [0.15, 0.2) is 24.3 Å². The van der Waals surface area contributed by atoms with Crippen LogP contribution in [0.1, 0.15) is 19.4 Å². The number of amides is 2. The van der Waals surface area contributed by atoms with Crippen molar-refractivity contribution in [3.63, 3.8) is 0 Å². The molecule has 150 valence electrons. The summed E-state index contributed by atoms with van der Waals surface area (Å²) in [5, 5.41) is 5.18. The highest BCUT2D eigenvalue weighted by Crippen LogP contribution is 2.34. The van der Waals surface area contributed by atoms with Crippen LogP contribution in [-0.2, 0) is 15.8 Å². The fourth-order valence-corrected chi connectivity index (χ4v) is 2.91. The van der Waals surface area contributed by atoms with Gasteiger partial charge < -0.3 is 10.6 Å². The molecule has 1 heterocycles. The van der Waals surface area contributed by atoms with Gasteiger partial charge in [-0.2, -0.15) is 13.2 Å². The number of carbonyl (C=O) groups is 2. The lowest BCUT2D eigenvalue weighted by Crippen LogP contribution is -2.51. The van der Waals surface area contributed by atoms with Crippen molar-refractivity contribution in [3.05, 3.63) is 29.8 Å². The van der Waals surface area contributed by atoms with E-state index in [1.54, 1.807) is 0 Å². The Morgan fingerprint density at radius 3 is 2.04 bits per heavy atom. The van der Waals surface area contributed by atoms with Crippen LogP contribution in [0, 0.1) is 0 Å². The van der Waals surface area contributed by atoms with Gasteiger partial charge in [0.1, 0.15) is 0 Å². The molecule has 0 radical (unpaired) electrons. The van der Waals surface area contributed by atoms with Crippen LogP contribution in [0.3, 0.4) is 0 Å². The molecule has 0 bridgehead atoms. The minimum atomic E-state index is -4.52. The number of hydrogen-bond acceptors (Lipinski definition) is 4. The second kappa shape index (κ2) is 9.18. The van der Waals surface area contributed by atoms with Crippen LogP contribution in [0.4, 0.5) is 18.9 Å². The highest BCUT2D eigenvalue weighted by Gasteiger charge is 2.33. The number of rotatable bonds is 6. The maximum atomic E-state index is 13.0. The number of nitrogens with zero attached hydrogens (tertiary/aromatic N) is 2. The minimum absolute atomic E-state index is 0.0121. The van der Waals surface area contributed by atoms with Crippen molar-refractivity contribution in [2.24, 2.45) is 0 Å². The fourth-order valence-electron chi connectivity index (χ4n) is 2.91. The molecule has 1 aliphatic rings. The number of hydrogen-bond donors (Lipinski definition) is 2. The molecule has 0 atom stereocenters. The second-order valence-corrected chi connectivity index (χ2v) is 6.87. The van der Waals surface area contributed by atoms with Gasteiger partial charge in [0.15, 0.2) is 0 Å². The van der Waals surface area contributed by atoms with Gasteiger partial charge in [0.05, 0.1) is 24.3 Å². The predicted molar refractivity (Wildman–Crippen MR) is 96.2 cm³/mol. The van der Waals surface area contributed by atoms with E-state index in [2.05, 4.69) is 10.6 Å². The minimum Gasteiger partial charge on any atom is -0.353 e. The van der Waals surface area contributed by atoms with Crippen molar-refractivity contribution in [2.45, 2.75) is 26.1 Å². The van der Waals surface area contributed by atoms with Crippen molar-refractivity contribution in [2.75, 3.05) is 44.6 Å². The first-order chi connectivity index (χ1) is 12.6. The first-order valence-corrected chi connectivity index (χ1v) is 8.85. The number of piperazine rings is 1. The Labute approximate surface area is 156 Å². The first kappa shape index (κ1) is 21.2. The molecule has 2 amide bonds. The topological polar surface area (TPSA) is 64.7 Å². The van der Waals surface area contributed by atoms with Gasteiger partial charge in [-0.1, -0.05) is 12.1 Å². The quantitative estimate of drug-likeness (QED) is 0.783. The third kappa shape index (κ3) is 6.84. The van der Waals surface area contributed by atoms with Crippen LogP contribution < -0.4 is 10.6 Å². The van der Waals surface area contributed by atoms with Crippen LogP contribution in [0.2, 0.25) is 0 Å². The molecule has 0 saturated carbocycles. The van der Waals surface area contributed by atoms with Crippen LogP contribution >= 0.6 is 0 Å². The average Bonchev–Trinajstić information content (AvgIpc) is 2.55. The van der Waals surface area contributed by atoms with Crippen molar-refractivity contribution in [3.8, 4) is 0 Å². The maximum absolute atomic E-state index is 13.0. The van der Waals surface area contributed by atoms with Gasteiger partial charge in [0, 0.05) is 32.2 Å². The Balaban J connectivity index is 1.81. The van der Waals surface area contributed by atoms with E-state index in [1.807, 2.05) is 23.6 Å². The van der Waals surface area contributed by atoms with Crippen LogP contribution in [0.5, 0.6) is 0 Å². The number of alkyl halides is 3. The van der Waals surface area contributed by atoms with Crippen molar-refractivity contribution >= 4 is 17.5 Å². The summed E-state index contributed by atoms with van der Waals surface area (Å²) in [5.41, 5.74) is -1.10. The molecule has 0 aliphatic carbocycles. The molecule has 0 aromatic heterocycles. The van der Waals surface area contributed by atoms with Crippen molar-refractivity contribution < 1.29 is 22.8 Å². The van der Waals surface area contributed by atoms with E-state index in [-0.39, 0.29) is 24.2 Å². The molecule has 1 aliphatic heterocycles. The molecular formula is C18H25F3N4O2. The molecule has 1 fully saturated rings. The third-order valence-electron chi connectivity index (χ3n) is 4.16. The summed E-state index contributed by atoms with van der Waals surface area (Å²) in [4.78, 5) is 27.8. The van der Waals surface area contributed by atoms with Crippen LogP contribution in [0.25, 0.3) is 0 Å². The van der Waals surface area contributed by atoms with E-state index >= 15 is 0 Å². The molecular weight excluding hydrogens is 361 g/mol. The Morgan fingerprint density at radius 1 is 1.00 bits per heavy atom. The molecule has 2 N–H and O–H groups in total. The lowest BCUT2D eigenvalue weighted by Gasteiger charge is -2.34. The number of halogens is 3. The summed E-state index contributed by atoms with van der Waals surface area (Å²) in [6.45, 7) is 6.49. The second-order valence-electron chi connectivity index (χ2n) is 6.87. The van der Waals surface area contributed by atoms with Gasteiger partial charge in [0.25, 0.3) is 0 Å². The van der Waals surface area contributed by atoms with Gasteiger partial charge >= 0.3 is 6.18 Å². The average molecular weight is 386 g/mol. The van der Waals surface area contributed by atoms with E-state index in [0.717, 1.165) is 6.07 Å². The zero-order valence-corrected chi connectivity index (χ0v) is 15.5. The predicted octanol–water partition coefficient (Wildman–Crippen LogP) is 1.79. The maximum Gasteiger partial charge on any atom is 0.418 e. The Hall–Kier alpha value is -2.13. The number of anilines is 1. The third-order valence-corrected chi connectivity index (χ3v) is 4.16. The van der Waals surface area contributed by atoms with E-state index in [9.17, 15) is 22.8 Å². The molecule has 1 saturated heterocycles. The monoisotopic (exact) mass is 386 g/mol. The molecule has 2 rings (SSSR count). The molecule has 6 nitrogen and oxygen atoms in total.